The molecule has 1 saturated carbocycles. The fourth-order valence-corrected chi connectivity index (χ4v) is 2.84. The van der Waals surface area contributed by atoms with Crippen LogP contribution in [0.1, 0.15) is 24.0 Å². The Morgan fingerprint density at radius 2 is 1.19 bits per heavy atom. The number of non-ortho nitro benzene ring substituents is 2. The zero-order valence-electron chi connectivity index (χ0n) is 13.6. The number of nitro groups is 2. The first-order chi connectivity index (χ1) is 12.4. The van der Waals surface area contributed by atoms with Crippen LogP contribution in [-0.4, -0.2) is 15.6 Å². The molecule has 0 unspecified atom stereocenters. The van der Waals surface area contributed by atoms with E-state index in [9.17, 15) is 25.0 Å². The van der Waals surface area contributed by atoms with Crippen molar-refractivity contribution in [3.05, 3.63) is 91.0 Å². The van der Waals surface area contributed by atoms with Gasteiger partial charge in [-0.25, -0.2) is 0 Å². The van der Waals surface area contributed by atoms with Crippen LogP contribution in [0, 0.1) is 20.2 Å². The first kappa shape index (κ1) is 17.2. The van der Waals surface area contributed by atoms with E-state index in [1.165, 1.54) is 24.3 Å². The highest BCUT2D eigenvalue weighted by atomic mass is 16.6. The number of rotatable bonds is 4. The second-order valence-electron chi connectivity index (χ2n) is 5.87. The maximum atomic E-state index is 12.5. The number of carbonyl (C=O) groups excluding carboxylic acids is 1. The van der Waals surface area contributed by atoms with Gasteiger partial charge in [0.05, 0.1) is 9.85 Å². The van der Waals surface area contributed by atoms with Crippen molar-refractivity contribution in [2.75, 3.05) is 0 Å². The van der Waals surface area contributed by atoms with Gasteiger partial charge in [-0.1, -0.05) is 24.3 Å². The van der Waals surface area contributed by atoms with Crippen LogP contribution in [0.15, 0.2) is 59.7 Å². The number of benzene rings is 2. The van der Waals surface area contributed by atoms with Crippen molar-refractivity contribution in [3.8, 4) is 0 Å². The van der Waals surface area contributed by atoms with Gasteiger partial charge >= 0.3 is 0 Å². The minimum atomic E-state index is -0.480. The van der Waals surface area contributed by atoms with Crippen molar-refractivity contribution >= 4 is 29.3 Å². The van der Waals surface area contributed by atoms with E-state index in [-0.39, 0.29) is 17.2 Å². The van der Waals surface area contributed by atoms with Crippen LogP contribution in [0.5, 0.6) is 0 Å². The summed E-state index contributed by atoms with van der Waals surface area (Å²) in [6, 6.07) is 12.2. The molecule has 2 aromatic rings. The summed E-state index contributed by atoms with van der Waals surface area (Å²) in [4.78, 5) is 33.3. The first-order valence-corrected chi connectivity index (χ1v) is 7.89. The smallest absolute Gasteiger partial charge is 0.270 e. The van der Waals surface area contributed by atoms with Crippen molar-refractivity contribution in [2.45, 2.75) is 12.8 Å². The molecule has 0 bridgehead atoms. The standard InChI is InChI=1S/C19H14N2O5/c22-19-15(9-13-3-1-5-17(11-13)20(23)24)7-8-16(19)10-14-4-2-6-18(12-14)21(25)26/h1-6,9-12H,7-8H2/b15-9+,16-10?. The molecule has 7 heteroatoms. The van der Waals surface area contributed by atoms with Crippen LogP contribution in [0.2, 0.25) is 0 Å². The average molecular weight is 350 g/mol. The predicted molar refractivity (Wildman–Crippen MR) is 96.4 cm³/mol. The highest BCUT2D eigenvalue weighted by Crippen LogP contribution is 2.30. The van der Waals surface area contributed by atoms with E-state index in [1.807, 2.05) is 0 Å². The zero-order valence-corrected chi connectivity index (χ0v) is 13.6. The molecule has 0 atom stereocenters. The Morgan fingerprint density at radius 1 is 0.769 bits per heavy atom. The van der Waals surface area contributed by atoms with Gasteiger partial charge in [0.15, 0.2) is 5.78 Å². The summed E-state index contributed by atoms with van der Waals surface area (Å²) >= 11 is 0. The van der Waals surface area contributed by atoms with Gasteiger partial charge in [0.1, 0.15) is 0 Å². The first-order valence-electron chi connectivity index (χ1n) is 7.89. The van der Waals surface area contributed by atoms with Crippen molar-refractivity contribution in [2.24, 2.45) is 0 Å². The SMILES string of the molecule is O=C1C(=Cc2cccc([N+](=O)[O-])c2)CC/C1=C\c1cccc([N+](=O)[O-])c1. The quantitative estimate of drug-likeness (QED) is 0.464. The summed E-state index contributed by atoms with van der Waals surface area (Å²) in [6.45, 7) is 0. The molecular weight excluding hydrogens is 336 g/mol. The summed E-state index contributed by atoms with van der Waals surface area (Å²) in [5, 5.41) is 21.7. The van der Waals surface area contributed by atoms with Gasteiger partial charge in [-0.2, -0.15) is 0 Å². The van der Waals surface area contributed by atoms with Gasteiger partial charge in [-0.3, -0.25) is 25.0 Å². The number of Topliss-reactive ketones (excluding diaryl/α,β-unsaturated/α-hetero) is 1. The second-order valence-corrected chi connectivity index (χ2v) is 5.87. The lowest BCUT2D eigenvalue weighted by Gasteiger charge is -1.99. The maximum absolute atomic E-state index is 12.5. The molecule has 2 aromatic carbocycles. The molecule has 0 aromatic heterocycles. The largest absolute Gasteiger partial charge is 0.289 e. The molecule has 1 fully saturated rings. The summed E-state index contributed by atoms with van der Waals surface area (Å²) in [5.41, 5.74) is 2.27. The number of nitro benzene ring substituents is 2. The number of carbonyl (C=O) groups is 1. The topological polar surface area (TPSA) is 103 Å². The van der Waals surface area contributed by atoms with E-state index < -0.39 is 9.85 Å². The van der Waals surface area contributed by atoms with E-state index in [0.29, 0.717) is 35.1 Å². The van der Waals surface area contributed by atoms with Crippen LogP contribution in [-0.2, 0) is 4.79 Å². The molecule has 1 aliphatic carbocycles. The van der Waals surface area contributed by atoms with Crippen LogP contribution >= 0.6 is 0 Å². The minimum absolute atomic E-state index is 0.0304. The lowest BCUT2D eigenvalue weighted by atomic mass is 10.1. The summed E-state index contributed by atoms with van der Waals surface area (Å²) < 4.78 is 0. The van der Waals surface area contributed by atoms with Crippen molar-refractivity contribution in [3.63, 3.8) is 0 Å². The molecule has 0 heterocycles. The van der Waals surface area contributed by atoms with E-state index in [0.717, 1.165) is 0 Å². The van der Waals surface area contributed by atoms with Crippen LogP contribution in [0.3, 0.4) is 0 Å². The van der Waals surface area contributed by atoms with Crippen molar-refractivity contribution in [1.82, 2.24) is 0 Å². The third-order valence-corrected chi connectivity index (χ3v) is 4.09. The number of hydrogen-bond donors (Lipinski definition) is 0. The van der Waals surface area contributed by atoms with Gasteiger partial charge < -0.3 is 0 Å². The van der Waals surface area contributed by atoms with Gasteiger partial charge in [0, 0.05) is 35.4 Å². The van der Waals surface area contributed by atoms with E-state index in [4.69, 9.17) is 0 Å². The van der Waals surface area contributed by atoms with Crippen molar-refractivity contribution in [1.29, 1.82) is 0 Å². The highest BCUT2D eigenvalue weighted by Gasteiger charge is 2.23. The minimum Gasteiger partial charge on any atom is -0.289 e. The summed E-state index contributed by atoms with van der Waals surface area (Å²) in [6.07, 6.45) is 4.37. The number of nitrogens with zero attached hydrogens (tertiary/aromatic N) is 2. The maximum Gasteiger partial charge on any atom is 0.270 e. The van der Waals surface area contributed by atoms with E-state index in [1.54, 1.807) is 36.4 Å². The molecular formula is C19H14N2O5. The fraction of sp³-hybridized carbons (Fsp3) is 0.105. The Hall–Kier alpha value is -3.61. The molecule has 0 spiro atoms. The molecule has 0 N–H and O–H groups in total. The molecule has 0 aliphatic heterocycles. The molecule has 7 nitrogen and oxygen atoms in total. The lowest BCUT2D eigenvalue weighted by Crippen LogP contribution is -1.96. The molecule has 26 heavy (non-hydrogen) atoms. The Balaban J connectivity index is 1.86. The second kappa shape index (κ2) is 7.10. The monoisotopic (exact) mass is 350 g/mol. The zero-order chi connectivity index (χ0) is 18.7. The molecule has 0 radical (unpaired) electrons. The Kier molecular flexibility index (Phi) is 4.70. The Bertz CT molecular complexity index is 898. The molecule has 1 aliphatic rings. The van der Waals surface area contributed by atoms with Crippen LogP contribution < -0.4 is 0 Å². The summed E-state index contributed by atoms with van der Waals surface area (Å²) in [5.74, 6) is -0.136. The van der Waals surface area contributed by atoms with Gasteiger partial charge in [-0.15, -0.1) is 0 Å². The van der Waals surface area contributed by atoms with Gasteiger partial charge in [-0.05, 0) is 36.1 Å². The molecule has 130 valence electrons. The third kappa shape index (κ3) is 3.72. The molecule has 0 amide bonds. The van der Waals surface area contributed by atoms with Gasteiger partial charge in [0.2, 0.25) is 0 Å². The number of allylic oxidation sites excluding steroid dienone is 2. The van der Waals surface area contributed by atoms with E-state index in [2.05, 4.69) is 0 Å². The number of hydrogen-bond acceptors (Lipinski definition) is 5. The number of ketones is 1. The summed E-state index contributed by atoms with van der Waals surface area (Å²) in [7, 11) is 0. The molecule has 3 rings (SSSR count). The molecule has 0 saturated heterocycles. The highest BCUT2D eigenvalue weighted by molar-refractivity contribution is 6.15. The third-order valence-electron chi connectivity index (χ3n) is 4.09. The Morgan fingerprint density at radius 3 is 1.58 bits per heavy atom. The normalized spacial score (nSPS) is 17.0. The van der Waals surface area contributed by atoms with E-state index >= 15 is 0 Å². The van der Waals surface area contributed by atoms with Crippen molar-refractivity contribution < 1.29 is 14.6 Å². The van der Waals surface area contributed by atoms with Crippen LogP contribution in [0.4, 0.5) is 11.4 Å². The average Bonchev–Trinajstić information content (AvgIpc) is 2.95. The Labute approximate surface area is 148 Å². The van der Waals surface area contributed by atoms with Crippen LogP contribution in [0.25, 0.3) is 12.2 Å². The fourth-order valence-electron chi connectivity index (χ4n) is 2.84. The van der Waals surface area contributed by atoms with Gasteiger partial charge in [0.25, 0.3) is 11.4 Å². The lowest BCUT2D eigenvalue weighted by molar-refractivity contribution is -0.385. The predicted octanol–water partition coefficient (Wildman–Crippen LogP) is 4.33.